The molecule has 1 aromatic carbocycles. The lowest BCUT2D eigenvalue weighted by molar-refractivity contribution is 0.213. The molecule has 0 unspecified atom stereocenters. The van der Waals surface area contributed by atoms with Crippen LogP contribution in [0, 0.1) is 0 Å². The number of nitrogens with one attached hydrogen (secondary N) is 2. The van der Waals surface area contributed by atoms with Crippen LogP contribution in [0.15, 0.2) is 30.6 Å². The quantitative estimate of drug-likeness (QED) is 0.866. The van der Waals surface area contributed by atoms with Gasteiger partial charge in [-0.25, -0.2) is 4.79 Å². The number of rotatable bonds is 5. The number of urea groups is 1. The zero-order valence-electron chi connectivity index (χ0n) is 12.5. The Morgan fingerprint density at radius 1 is 1.41 bits per heavy atom. The van der Waals surface area contributed by atoms with Gasteiger partial charge >= 0.3 is 6.03 Å². The lowest BCUT2D eigenvalue weighted by atomic mass is 10.1. The fraction of sp³-hybridized carbons (Fsp3) is 0.400. The van der Waals surface area contributed by atoms with Gasteiger partial charge in [-0.15, -0.1) is 10.2 Å². The van der Waals surface area contributed by atoms with Crippen LogP contribution < -0.4 is 15.4 Å². The van der Waals surface area contributed by atoms with Crippen molar-refractivity contribution < 1.29 is 9.53 Å². The average molecular weight is 301 g/mol. The highest BCUT2D eigenvalue weighted by Crippen LogP contribution is 2.27. The number of nitrogens with zero attached hydrogens (tertiary/aromatic N) is 3. The van der Waals surface area contributed by atoms with Crippen LogP contribution in [0.2, 0.25) is 0 Å². The van der Waals surface area contributed by atoms with E-state index in [4.69, 9.17) is 4.74 Å². The van der Waals surface area contributed by atoms with Gasteiger partial charge in [-0.05, 0) is 18.6 Å². The zero-order chi connectivity index (χ0) is 15.4. The minimum absolute atomic E-state index is 0.0116. The van der Waals surface area contributed by atoms with Gasteiger partial charge in [0.2, 0.25) is 0 Å². The molecule has 22 heavy (non-hydrogen) atoms. The van der Waals surface area contributed by atoms with Gasteiger partial charge in [0.1, 0.15) is 18.2 Å². The second-order valence-electron chi connectivity index (χ2n) is 5.15. The van der Waals surface area contributed by atoms with Crippen LogP contribution in [0.25, 0.3) is 0 Å². The lowest BCUT2D eigenvalue weighted by Crippen LogP contribution is -2.41. The number of benzene rings is 1. The van der Waals surface area contributed by atoms with Crippen molar-refractivity contribution in [2.75, 3.05) is 6.54 Å². The standard InChI is InChI=1S/C15H19N5O2/c1-2-20-10-18-19-14(20)9-17-15(21)16-8-12-7-11-5-3-4-6-13(11)22-12/h3-6,10,12H,2,7-9H2,1H3,(H2,16,17,21)/t12-/m0/s1. The third kappa shape index (κ3) is 3.19. The molecule has 0 saturated carbocycles. The molecule has 0 radical (unpaired) electrons. The molecule has 7 nitrogen and oxygen atoms in total. The average Bonchev–Trinajstić information content (AvgIpc) is 3.16. The van der Waals surface area contributed by atoms with Crippen molar-refractivity contribution in [3.05, 3.63) is 42.0 Å². The normalized spacial score (nSPS) is 16.0. The SMILES string of the molecule is CCn1cnnc1CNC(=O)NC[C@@H]1Cc2ccccc2O1. The highest BCUT2D eigenvalue weighted by molar-refractivity contribution is 5.73. The molecule has 0 spiro atoms. The van der Waals surface area contributed by atoms with Crippen molar-refractivity contribution in [2.24, 2.45) is 0 Å². The molecule has 0 saturated heterocycles. The fourth-order valence-electron chi connectivity index (χ4n) is 2.48. The number of carbonyl (C=O) groups is 1. The zero-order valence-corrected chi connectivity index (χ0v) is 12.5. The van der Waals surface area contributed by atoms with Crippen LogP contribution in [0.4, 0.5) is 4.79 Å². The maximum Gasteiger partial charge on any atom is 0.315 e. The predicted molar refractivity (Wildman–Crippen MR) is 80.5 cm³/mol. The van der Waals surface area contributed by atoms with Crippen molar-refractivity contribution in [3.8, 4) is 5.75 Å². The topological polar surface area (TPSA) is 81.1 Å². The smallest absolute Gasteiger partial charge is 0.315 e. The molecule has 0 aliphatic carbocycles. The third-order valence-corrected chi connectivity index (χ3v) is 3.65. The van der Waals surface area contributed by atoms with Crippen LogP contribution in [0.1, 0.15) is 18.3 Å². The Kier molecular flexibility index (Phi) is 4.22. The highest BCUT2D eigenvalue weighted by atomic mass is 16.5. The number of fused-ring (bicyclic) bond motifs is 1. The number of hydrogen-bond acceptors (Lipinski definition) is 4. The van der Waals surface area contributed by atoms with E-state index in [1.807, 2.05) is 35.8 Å². The van der Waals surface area contributed by atoms with E-state index in [2.05, 4.69) is 20.8 Å². The summed E-state index contributed by atoms with van der Waals surface area (Å²) in [4.78, 5) is 11.8. The Labute approximate surface area is 128 Å². The van der Waals surface area contributed by atoms with Gasteiger partial charge in [0.25, 0.3) is 0 Å². The van der Waals surface area contributed by atoms with Gasteiger partial charge in [-0.1, -0.05) is 18.2 Å². The van der Waals surface area contributed by atoms with Gasteiger partial charge in [-0.2, -0.15) is 0 Å². The molecule has 2 N–H and O–H groups in total. The first kappa shape index (κ1) is 14.4. The molecule has 1 aromatic heterocycles. The molecule has 1 atom stereocenters. The molecular weight excluding hydrogens is 282 g/mol. The van der Waals surface area contributed by atoms with Gasteiger partial charge in [0.05, 0.1) is 13.1 Å². The first-order valence-corrected chi connectivity index (χ1v) is 7.39. The predicted octanol–water partition coefficient (Wildman–Crippen LogP) is 1.10. The Bertz CT molecular complexity index is 630. The summed E-state index contributed by atoms with van der Waals surface area (Å²) in [6.45, 7) is 3.61. The first-order valence-electron chi connectivity index (χ1n) is 7.39. The number of carbonyl (C=O) groups excluding carboxylic acids is 1. The van der Waals surface area contributed by atoms with E-state index < -0.39 is 0 Å². The molecule has 116 valence electrons. The number of ether oxygens (including phenoxy) is 1. The highest BCUT2D eigenvalue weighted by Gasteiger charge is 2.22. The van der Waals surface area contributed by atoms with Crippen LogP contribution in [0.3, 0.4) is 0 Å². The summed E-state index contributed by atoms with van der Waals surface area (Å²) in [5.41, 5.74) is 1.19. The molecule has 1 aliphatic rings. The van der Waals surface area contributed by atoms with Gasteiger partial charge in [0, 0.05) is 13.0 Å². The number of aryl methyl sites for hydroxylation is 1. The summed E-state index contributed by atoms with van der Waals surface area (Å²) < 4.78 is 7.66. The molecule has 7 heteroatoms. The number of aromatic nitrogens is 3. The maximum atomic E-state index is 11.8. The maximum absolute atomic E-state index is 11.8. The van der Waals surface area contributed by atoms with E-state index >= 15 is 0 Å². The Morgan fingerprint density at radius 3 is 3.09 bits per heavy atom. The molecule has 2 amide bonds. The first-order chi connectivity index (χ1) is 10.8. The number of hydrogen-bond donors (Lipinski definition) is 2. The number of amides is 2. The Hall–Kier alpha value is -2.57. The van der Waals surface area contributed by atoms with Crippen LogP contribution >= 0.6 is 0 Å². The molecule has 2 heterocycles. The molecule has 0 fully saturated rings. The molecule has 2 aromatic rings. The van der Waals surface area contributed by atoms with E-state index in [1.54, 1.807) is 6.33 Å². The number of para-hydroxylation sites is 1. The van der Waals surface area contributed by atoms with E-state index in [1.165, 1.54) is 5.56 Å². The van der Waals surface area contributed by atoms with E-state index in [-0.39, 0.29) is 12.1 Å². The van der Waals surface area contributed by atoms with Gasteiger partial charge < -0.3 is 19.9 Å². The summed E-state index contributed by atoms with van der Waals surface area (Å²) in [6.07, 6.45) is 2.46. The minimum atomic E-state index is -0.231. The van der Waals surface area contributed by atoms with Gasteiger partial charge in [0.15, 0.2) is 5.82 Å². The van der Waals surface area contributed by atoms with Crippen molar-refractivity contribution in [2.45, 2.75) is 32.5 Å². The summed E-state index contributed by atoms with van der Waals surface area (Å²) in [5, 5.41) is 13.4. The Balaban J connectivity index is 1.42. The van der Waals surface area contributed by atoms with Crippen molar-refractivity contribution in [3.63, 3.8) is 0 Å². The van der Waals surface area contributed by atoms with Crippen LogP contribution in [0.5, 0.6) is 5.75 Å². The molecule has 0 bridgehead atoms. The molecular formula is C15H19N5O2. The third-order valence-electron chi connectivity index (χ3n) is 3.65. The van der Waals surface area contributed by atoms with Crippen molar-refractivity contribution in [1.82, 2.24) is 25.4 Å². The van der Waals surface area contributed by atoms with Gasteiger partial charge in [-0.3, -0.25) is 0 Å². The molecule has 3 rings (SSSR count). The van der Waals surface area contributed by atoms with E-state index in [0.717, 1.165) is 24.5 Å². The van der Waals surface area contributed by atoms with E-state index in [0.29, 0.717) is 13.1 Å². The summed E-state index contributed by atoms with van der Waals surface area (Å²) in [5.74, 6) is 1.65. The summed E-state index contributed by atoms with van der Waals surface area (Å²) in [7, 11) is 0. The second-order valence-corrected chi connectivity index (χ2v) is 5.15. The lowest BCUT2D eigenvalue weighted by Gasteiger charge is -2.12. The fourth-order valence-corrected chi connectivity index (χ4v) is 2.48. The largest absolute Gasteiger partial charge is 0.488 e. The van der Waals surface area contributed by atoms with Crippen molar-refractivity contribution >= 4 is 6.03 Å². The minimum Gasteiger partial charge on any atom is -0.488 e. The summed E-state index contributed by atoms with van der Waals surface area (Å²) >= 11 is 0. The van der Waals surface area contributed by atoms with Crippen LogP contribution in [-0.2, 0) is 19.5 Å². The van der Waals surface area contributed by atoms with Crippen LogP contribution in [-0.4, -0.2) is 33.4 Å². The Morgan fingerprint density at radius 2 is 2.27 bits per heavy atom. The monoisotopic (exact) mass is 301 g/mol. The van der Waals surface area contributed by atoms with E-state index in [9.17, 15) is 4.79 Å². The van der Waals surface area contributed by atoms with Crippen molar-refractivity contribution in [1.29, 1.82) is 0 Å². The molecule has 1 aliphatic heterocycles. The summed E-state index contributed by atoms with van der Waals surface area (Å²) in [6, 6.07) is 7.71. The second kappa shape index (κ2) is 6.46.